The van der Waals surface area contributed by atoms with Crippen LogP contribution in [0.3, 0.4) is 0 Å². The van der Waals surface area contributed by atoms with Crippen molar-refractivity contribution in [1.82, 2.24) is 5.32 Å². The largest absolute Gasteiger partial charge is 0.480 e. The van der Waals surface area contributed by atoms with Gasteiger partial charge in [-0.05, 0) is 17.7 Å². The molecule has 0 spiro atoms. The monoisotopic (exact) mass is 300 g/mol. The van der Waals surface area contributed by atoms with Gasteiger partial charge in [-0.1, -0.05) is 36.4 Å². The van der Waals surface area contributed by atoms with Crippen LogP contribution in [0.25, 0.3) is 11.1 Å². The van der Waals surface area contributed by atoms with Crippen molar-refractivity contribution in [2.24, 2.45) is 0 Å². The van der Waals surface area contributed by atoms with E-state index in [0.29, 0.717) is 11.3 Å². The van der Waals surface area contributed by atoms with E-state index in [-0.39, 0.29) is 5.56 Å². The predicted molar refractivity (Wildman–Crippen MR) is 82.3 cm³/mol. The van der Waals surface area contributed by atoms with E-state index in [1.165, 1.54) is 0 Å². The first-order chi connectivity index (χ1) is 10.5. The second-order valence-corrected chi connectivity index (χ2v) is 4.68. The maximum atomic E-state index is 12.3. The Labute approximate surface area is 127 Å². The number of carboxylic acids is 1. The number of carbonyl (C=O) groups excluding carboxylic acids is 1. The molecular weight excluding hydrogens is 284 g/mol. The third kappa shape index (κ3) is 3.24. The maximum absolute atomic E-state index is 12.3. The SMILES string of the molecule is Nc1cccc(C(=O)N[C@@H](CO)C(=O)O)c1-c1ccccc1. The van der Waals surface area contributed by atoms with Gasteiger partial charge in [-0.15, -0.1) is 0 Å². The van der Waals surface area contributed by atoms with Crippen LogP contribution in [0, 0.1) is 0 Å². The first kappa shape index (κ1) is 15.5. The molecule has 0 unspecified atom stereocenters. The predicted octanol–water partition coefficient (Wildman–Crippen LogP) is 1.11. The van der Waals surface area contributed by atoms with E-state index in [1.54, 1.807) is 18.2 Å². The number of nitrogen functional groups attached to an aromatic ring is 1. The standard InChI is InChI=1S/C16H16N2O4/c17-12-8-4-7-11(14(12)10-5-2-1-3-6-10)15(20)18-13(9-19)16(21)22/h1-8,13,19H,9,17H2,(H,18,20)(H,21,22)/t13-/m0/s1. The lowest BCUT2D eigenvalue weighted by molar-refractivity contribution is -0.140. The highest BCUT2D eigenvalue weighted by Gasteiger charge is 2.22. The molecule has 0 bridgehead atoms. The van der Waals surface area contributed by atoms with Gasteiger partial charge in [0.05, 0.1) is 6.61 Å². The Morgan fingerprint density at radius 1 is 1.09 bits per heavy atom. The van der Waals surface area contributed by atoms with Crippen LogP contribution in [0.2, 0.25) is 0 Å². The van der Waals surface area contributed by atoms with Crippen molar-refractivity contribution in [1.29, 1.82) is 0 Å². The number of carboxylic acid groups (broad SMARTS) is 1. The molecule has 2 rings (SSSR count). The summed E-state index contributed by atoms with van der Waals surface area (Å²) in [7, 11) is 0. The van der Waals surface area contributed by atoms with Gasteiger partial charge >= 0.3 is 5.97 Å². The Morgan fingerprint density at radius 3 is 2.36 bits per heavy atom. The molecule has 1 atom stereocenters. The number of aliphatic hydroxyl groups excluding tert-OH is 1. The highest BCUT2D eigenvalue weighted by molar-refractivity contribution is 6.04. The Morgan fingerprint density at radius 2 is 1.77 bits per heavy atom. The van der Waals surface area contributed by atoms with E-state index in [4.69, 9.17) is 15.9 Å². The van der Waals surface area contributed by atoms with Crippen molar-refractivity contribution >= 4 is 17.6 Å². The highest BCUT2D eigenvalue weighted by atomic mass is 16.4. The topological polar surface area (TPSA) is 113 Å². The fourth-order valence-corrected chi connectivity index (χ4v) is 2.11. The molecule has 0 saturated carbocycles. The summed E-state index contributed by atoms with van der Waals surface area (Å²) in [6.45, 7) is -0.690. The van der Waals surface area contributed by atoms with Crippen molar-refractivity contribution in [3.63, 3.8) is 0 Å². The number of aliphatic hydroxyl groups is 1. The van der Waals surface area contributed by atoms with E-state index in [1.807, 2.05) is 30.3 Å². The molecule has 2 aromatic rings. The lowest BCUT2D eigenvalue weighted by atomic mass is 9.97. The Bertz CT molecular complexity index is 686. The number of rotatable bonds is 5. The van der Waals surface area contributed by atoms with Gasteiger partial charge in [0.25, 0.3) is 5.91 Å². The summed E-state index contributed by atoms with van der Waals surface area (Å²) in [4.78, 5) is 23.2. The zero-order valence-corrected chi connectivity index (χ0v) is 11.7. The van der Waals surface area contributed by atoms with E-state index in [9.17, 15) is 9.59 Å². The summed E-state index contributed by atoms with van der Waals surface area (Å²) in [5, 5.41) is 20.2. The second kappa shape index (κ2) is 6.73. The molecule has 5 N–H and O–H groups in total. The number of carbonyl (C=O) groups is 2. The lowest BCUT2D eigenvalue weighted by Gasteiger charge is -2.15. The molecule has 6 nitrogen and oxygen atoms in total. The van der Waals surface area contributed by atoms with Crippen molar-refractivity contribution in [3.05, 3.63) is 54.1 Å². The Balaban J connectivity index is 2.42. The zero-order chi connectivity index (χ0) is 16.1. The molecule has 0 aliphatic carbocycles. The molecule has 2 aromatic carbocycles. The van der Waals surface area contributed by atoms with Crippen LogP contribution in [0.5, 0.6) is 0 Å². The van der Waals surface area contributed by atoms with Crippen LogP contribution < -0.4 is 11.1 Å². The van der Waals surface area contributed by atoms with Gasteiger partial charge in [-0.25, -0.2) is 4.79 Å². The zero-order valence-electron chi connectivity index (χ0n) is 11.7. The van der Waals surface area contributed by atoms with Crippen LogP contribution in [-0.4, -0.2) is 34.7 Å². The molecule has 6 heteroatoms. The number of anilines is 1. The van der Waals surface area contributed by atoms with Crippen molar-refractivity contribution in [3.8, 4) is 11.1 Å². The summed E-state index contributed by atoms with van der Waals surface area (Å²) in [6, 6.07) is 12.6. The molecule has 114 valence electrons. The van der Waals surface area contributed by atoms with Crippen molar-refractivity contribution in [2.45, 2.75) is 6.04 Å². The number of aliphatic carboxylic acids is 1. The summed E-state index contributed by atoms with van der Waals surface area (Å²) in [5.74, 6) is -1.91. The number of hydrogen-bond donors (Lipinski definition) is 4. The molecule has 0 aliphatic rings. The summed E-state index contributed by atoms with van der Waals surface area (Å²) >= 11 is 0. The molecule has 22 heavy (non-hydrogen) atoms. The number of amides is 1. The normalized spacial score (nSPS) is 11.7. The molecule has 0 aliphatic heterocycles. The fourth-order valence-electron chi connectivity index (χ4n) is 2.11. The van der Waals surface area contributed by atoms with E-state index < -0.39 is 24.5 Å². The van der Waals surface area contributed by atoms with E-state index >= 15 is 0 Å². The summed E-state index contributed by atoms with van der Waals surface area (Å²) in [6.07, 6.45) is 0. The van der Waals surface area contributed by atoms with Gasteiger partial charge in [-0.3, -0.25) is 4.79 Å². The molecular formula is C16H16N2O4. The maximum Gasteiger partial charge on any atom is 0.328 e. The smallest absolute Gasteiger partial charge is 0.328 e. The van der Waals surface area contributed by atoms with Gasteiger partial charge in [0.2, 0.25) is 0 Å². The van der Waals surface area contributed by atoms with Crippen LogP contribution in [-0.2, 0) is 4.79 Å². The molecule has 0 fully saturated rings. The van der Waals surface area contributed by atoms with Gasteiger partial charge in [-0.2, -0.15) is 0 Å². The third-order valence-corrected chi connectivity index (χ3v) is 3.19. The molecule has 0 aromatic heterocycles. The van der Waals surface area contributed by atoms with Crippen molar-refractivity contribution in [2.75, 3.05) is 12.3 Å². The number of nitrogens with two attached hydrogens (primary N) is 1. The minimum atomic E-state index is -1.36. The Kier molecular flexibility index (Phi) is 4.75. The minimum absolute atomic E-state index is 0.255. The number of benzene rings is 2. The first-order valence-corrected chi connectivity index (χ1v) is 6.63. The van der Waals surface area contributed by atoms with Gasteiger partial charge in [0.1, 0.15) is 0 Å². The quantitative estimate of drug-likeness (QED) is 0.618. The van der Waals surface area contributed by atoms with Gasteiger partial charge in [0.15, 0.2) is 6.04 Å². The van der Waals surface area contributed by atoms with Gasteiger partial charge < -0.3 is 21.3 Å². The third-order valence-electron chi connectivity index (χ3n) is 3.19. The molecule has 0 radical (unpaired) electrons. The summed E-state index contributed by atoms with van der Waals surface area (Å²) < 4.78 is 0. The second-order valence-electron chi connectivity index (χ2n) is 4.68. The Hall–Kier alpha value is -2.86. The lowest BCUT2D eigenvalue weighted by Crippen LogP contribution is -2.43. The fraction of sp³-hybridized carbons (Fsp3) is 0.125. The van der Waals surface area contributed by atoms with Crippen LogP contribution >= 0.6 is 0 Å². The van der Waals surface area contributed by atoms with E-state index in [2.05, 4.69) is 5.32 Å². The average molecular weight is 300 g/mol. The average Bonchev–Trinajstić information content (AvgIpc) is 2.52. The molecule has 1 amide bonds. The number of nitrogens with one attached hydrogen (secondary N) is 1. The molecule has 0 heterocycles. The summed E-state index contributed by atoms with van der Waals surface area (Å²) in [5.41, 5.74) is 7.92. The van der Waals surface area contributed by atoms with Crippen LogP contribution in [0.1, 0.15) is 10.4 Å². The van der Waals surface area contributed by atoms with Crippen LogP contribution in [0.15, 0.2) is 48.5 Å². The van der Waals surface area contributed by atoms with Crippen molar-refractivity contribution < 1.29 is 19.8 Å². The number of hydrogen-bond acceptors (Lipinski definition) is 4. The molecule has 0 saturated heterocycles. The van der Waals surface area contributed by atoms with E-state index in [0.717, 1.165) is 5.56 Å². The minimum Gasteiger partial charge on any atom is -0.480 e. The van der Waals surface area contributed by atoms with Gasteiger partial charge in [0, 0.05) is 16.8 Å². The first-order valence-electron chi connectivity index (χ1n) is 6.63. The van der Waals surface area contributed by atoms with Crippen LogP contribution in [0.4, 0.5) is 5.69 Å². The highest BCUT2D eigenvalue weighted by Crippen LogP contribution is 2.29.